The Kier molecular flexibility index (Phi) is 5.38. The Morgan fingerprint density at radius 2 is 1.88 bits per heavy atom. The highest BCUT2D eigenvalue weighted by molar-refractivity contribution is 5.80. The summed E-state index contributed by atoms with van der Waals surface area (Å²) >= 11 is 0. The highest BCUT2D eigenvalue weighted by atomic mass is 16.5. The lowest BCUT2D eigenvalue weighted by Crippen LogP contribution is -2.15. The summed E-state index contributed by atoms with van der Waals surface area (Å²) in [5.74, 6) is 0.974. The zero-order valence-corrected chi connectivity index (χ0v) is 14.6. The van der Waals surface area contributed by atoms with E-state index < -0.39 is 0 Å². The molecule has 0 amide bonds. The van der Waals surface area contributed by atoms with Crippen LogP contribution in [0.2, 0.25) is 0 Å². The Labute approximate surface area is 150 Å². The third-order valence-electron chi connectivity index (χ3n) is 3.78. The first-order valence-corrected chi connectivity index (χ1v) is 8.12. The normalized spacial score (nSPS) is 10.8. The molecule has 1 heterocycles. The molecule has 2 aromatic carbocycles. The van der Waals surface area contributed by atoms with Gasteiger partial charge in [-0.2, -0.15) is 5.10 Å². The number of aromatic amines is 1. The van der Waals surface area contributed by atoms with Crippen molar-refractivity contribution in [3.05, 3.63) is 81.3 Å². The summed E-state index contributed by atoms with van der Waals surface area (Å²) in [4.78, 5) is 14.0. The van der Waals surface area contributed by atoms with Gasteiger partial charge < -0.3 is 4.74 Å². The van der Waals surface area contributed by atoms with Crippen molar-refractivity contribution in [2.75, 3.05) is 5.43 Å². The van der Waals surface area contributed by atoms with Gasteiger partial charge in [-0.25, -0.2) is 5.43 Å². The van der Waals surface area contributed by atoms with Crippen LogP contribution in [-0.4, -0.2) is 21.4 Å². The fourth-order valence-electron chi connectivity index (χ4n) is 2.19. The monoisotopic (exact) mass is 349 g/mol. The first-order chi connectivity index (χ1) is 12.6. The third kappa shape index (κ3) is 4.54. The predicted octanol–water partition coefficient (Wildman–Crippen LogP) is 2.81. The van der Waals surface area contributed by atoms with Crippen molar-refractivity contribution in [2.24, 2.45) is 5.10 Å². The summed E-state index contributed by atoms with van der Waals surface area (Å²) in [7, 11) is 0. The second kappa shape index (κ2) is 8.06. The van der Waals surface area contributed by atoms with E-state index in [1.165, 1.54) is 5.56 Å². The molecule has 1 aromatic heterocycles. The lowest BCUT2D eigenvalue weighted by atomic mass is 10.1. The number of benzene rings is 2. The van der Waals surface area contributed by atoms with Crippen LogP contribution >= 0.6 is 0 Å². The number of rotatable bonds is 6. The Hall–Kier alpha value is -3.48. The van der Waals surface area contributed by atoms with Crippen molar-refractivity contribution in [1.29, 1.82) is 0 Å². The zero-order valence-electron chi connectivity index (χ0n) is 14.6. The van der Waals surface area contributed by atoms with Crippen molar-refractivity contribution in [1.82, 2.24) is 15.2 Å². The number of anilines is 1. The van der Waals surface area contributed by atoms with Crippen LogP contribution in [0.25, 0.3) is 0 Å². The van der Waals surface area contributed by atoms with E-state index in [1.807, 2.05) is 36.4 Å². The minimum Gasteiger partial charge on any atom is -0.489 e. The largest absolute Gasteiger partial charge is 0.489 e. The van der Waals surface area contributed by atoms with Crippen LogP contribution in [0.3, 0.4) is 0 Å². The van der Waals surface area contributed by atoms with Gasteiger partial charge in [-0.15, -0.1) is 10.2 Å². The topological polar surface area (TPSA) is 92.3 Å². The molecule has 7 heteroatoms. The SMILES string of the molecule is Cc1ccccc1COc1ccc(/C=N/Nc2nnc(C)c(=O)[nH]2)cc1. The number of H-pyrrole nitrogens is 1. The first kappa shape index (κ1) is 17.3. The number of aryl methyl sites for hydroxylation is 2. The fourth-order valence-corrected chi connectivity index (χ4v) is 2.19. The quantitative estimate of drug-likeness (QED) is 0.527. The van der Waals surface area contributed by atoms with Gasteiger partial charge in [0.2, 0.25) is 5.95 Å². The van der Waals surface area contributed by atoms with Crippen molar-refractivity contribution < 1.29 is 4.74 Å². The molecule has 0 saturated carbocycles. The van der Waals surface area contributed by atoms with Crippen LogP contribution in [0, 0.1) is 13.8 Å². The lowest BCUT2D eigenvalue weighted by molar-refractivity contribution is 0.305. The molecule has 0 aliphatic rings. The number of nitrogens with zero attached hydrogens (tertiary/aromatic N) is 3. The fraction of sp³-hybridized carbons (Fsp3) is 0.158. The number of hydrogen-bond donors (Lipinski definition) is 2. The van der Waals surface area contributed by atoms with E-state index in [2.05, 4.69) is 44.8 Å². The van der Waals surface area contributed by atoms with Crippen LogP contribution < -0.4 is 15.7 Å². The van der Waals surface area contributed by atoms with E-state index in [-0.39, 0.29) is 11.5 Å². The molecule has 0 fully saturated rings. The maximum atomic E-state index is 11.4. The molecule has 0 bridgehead atoms. The van der Waals surface area contributed by atoms with Crippen molar-refractivity contribution >= 4 is 12.2 Å². The second-order valence-corrected chi connectivity index (χ2v) is 5.74. The summed E-state index contributed by atoms with van der Waals surface area (Å²) in [6.45, 7) is 4.18. The number of hydrazone groups is 1. The summed E-state index contributed by atoms with van der Waals surface area (Å²) in [6.07, 6.45) is 1.62. The van der Waals surface area contributed by atoms with Gasteiger partial charge in [0.25, 0.3) is 5.56 Å². The third-order valence-corrected chi connectivity index (χ3v) is 3.78. The molecule has 2 N–H and O–H groups in total. The molecule has 0 aliphatic carbocycles. The molecular formula is C19H19N5O2. The predicted molar refractivity (Wildman–Crippen MR) is 101 cm³/mol. The van der Waals surface area contributed by atoms with Gasteiger partial charge in [0.1, 0.15) is 18.1 Å². The van der Waals surface area contributed by atoms with Gasteiger partial charge >= 0.3 is 0 Å². The Balaban J connectivity index is 1.56. The van der Waals surface area contributed by atoms with Gasteiger partial charge in [-0.05, 0) is 54.8 Å². The van der Waals surface area contributed by atoms with Gasteiger partial charge in [0, 0.05) is 0 Å². The average molecular weight is 349 g/mol. The van der Waals surface area contributed by atoms with Crippen LogP contribution in [-0.2, 0) is 6.61 Å². The van der Waals surface area contributed by atoms with Crippen LogP contribution in [0.15, 0.2) is 58.4 Å². The molecule has 0 atom stereocenters. The van der Waals surface area contributed by atoms with Gasteiger partial charge in [0.05, 0.1) is 6.21 Å². The number of ether oxygens (including phenoxy) is 1. The number of hydrogen-bond acceptors (Lipinski definition) is 6. The Morgan fingerprint density at radius 3 is 2.62 bits per heavy atom. The standard InChI is InChI=1S/C19H19N5O2/c1-13-5-3-4-6-16(13)12-26-17-9-7-15(8-10-17)11-20-23-19-21-18(25)14(2)22-24-19/h3-11H,12H2,1-2H3,(H2,21,23,24,25)/b20-11+. The minimum absolute atomic E-state index is 0.190. The van der Waals surface area contributed by atoms with E-state index in [4.69, 9.17) is 4.74 Å². The molecule has 0 spiro atoms. The molecule has 0 aliphatic heterocycles. The molecule has 0 unspecified atom stereocenters. The zero-order chi connectivity index (χ0) is 18.4. The number of nitrogens with one attached hydrogen (secondary N) is 2. The van der Waals surface area contributed by atoms with Gasteiger partial charge in [0.15, 0.2) is 0 Å². The summed E-state index contributed by atoms with van der Waals surface area (Å²) < 4.78 is 5.81. The summed E-state index contributed by atoms with van der Waals surface area (Å²) in [6, 6.07) is 15.7. The van der Waals surface area contributed by atoms with Gasteiger partial charge in [-0.3, -0.25) is 9.78 Å². The van der Waals surface area contributed by atoms with Crippen molar-refractivity contribution in [2.45, 2.75) is 20.5 Å². The van der Waals surface area contributed by atoms with Crippen LogP contribution in [0.4, 0.5) is 5.95 Å². The Morgan fingerprint density at radius 1 is 1.12 bits per heavy atom. The molecular weight excluding hydrogens is 330 g/mol. The van der Waals surface area contributed by atoms with Crippen LogP contribution in [0.1, 0.15) is 22.4 Å². The smallest absolute Gasteiger partial charge is 0.274 e. The highest BCUT2D eigenvalue weighted by Gasteiger charge is 2.00. The van der Waals surface area contributed by atoms with Crippen molar-refractivity contribution in [3.63, 3.8) is 0 Å². The number of aromatic nitrogens is 3. The molecule has 26 heavy (non-hydrogen) atoms. The molecule has 0 saturated heterocycles. The summed E-state index contributed by atoms with van der Waals surface area (Å²) in [5.41, 5.74) is 5.89. The molecule has 132 valence electrons. The average Bonchev–Trinajstić information content (AvgIpc) is 2.65. The van der Waals surface area contributed by atoms with E-state index in [9.17, 15) is 4.79 Å². The van der Waals surface area contributed by atoms with Gasteiger partial charge in [-0.1, -0.05) is 24.3 Å². The summed E-state index contributed by atoms with van der Waals surface area (Å²) in [5, 5.41) is 11.5. The molecule has 7 nitrogen and oxygen atoms in total. The van der Waals surface area contributed by atoms with Crippen molar-refractivity contribution in [3.8, 4) is 5.75 Å². The first-order valence-electron chi connectivity index (χ1n) is 8.12. The van der Waals surface area contributed by atoms with E-state index in [1.54, 1.807) is 13.1 Å². The second-order valence-electron chi connectivity index (χ2n) is 5.74. The molecule has 3 aromatic rings. The highest BCUT2D eigenvalue weighted by Crippen LogP contribution is 2.15. The minimum atomic E-state index is -0.298. The Bertz CT molecular complexity index is 964. The molecule has 0 radical (unpaired) electrons. The maximum Gasteiger partial charge on any atom is 0.274 e. The van der Waals surface area contributed by atoms with E-state index >= 15 is 0 Å². The molecule has 3 rings (SSSR count). The van der Waals surface area contributed by atoms with E-state index in [0.29, 0.717) is 12.3 Å². The van der Waals surface area contributed by atoms with E-state index in [0.717, 1.165) is 16.9 Å². The lowest BCUT2D eigenvalue weighted by Gasteiger charge is -2.08. The van der Waals surface area contributed by atoms with Crippen LogP contribution in [0.5, 0.6) is 5.75 Å². The maximum absolute atomic E-state index is 11.4.